The maximum Gasteiger partial charge on any atom is 0.268 e. The van der Waals surface area contributed by atoms with Crippen molar-refractivity contribution < 1.29 is 18.4 Å². The number of primary amides is 1. The van der Waals surface area contributed by atoms with Crippen molar-refractivity contribution in [1.82, 2.24) is 9.88 Å². The summed E-state index contributed by atoms with van der Waals surface area (Å²) in [5.74, 6) is -5.51. The topological polar surface area (TPSA) is 100 Å². The van der Waals surface area contributed by atoms with Crippen LogP contribution in [0, 0.1) is 17.2 Å². The zero-order valence-corrected chi connectivity index (χ0v) is 19.7. The summed E-state index contributed by atoms with van der Waals surface area (Å²) in [4.78, 5) is 31.0. The quantitative estimate of drug-likeness (QED) is 0.534. The normalized spacial score (nSPS) is 18.7. The van der Waals surface area contributed by atoms with Crippen LogP contribution in [0.5, 0.6) is 0 Å². The van der Waals surface area contributed by atoms with Gasteiger partial charge in [-0.25, -0.2) is 8.78 Å². The number of hydrogen-bond donors (Lipinski definition) is 1. The van der Waals surface area contributed by atoms with Gasteiger partial charge in [0.15, 0.2) is 0 Å². The Morgan fingerprint density at radius 3 is 2.63 bits per heavy atom. The number of nitriles is 1. The number of pyridine rings is 1. The van der Waals surface area contributed by atoms with Gasteiger partial charge in [0.1, 0.15) is 6.04 Å². The molecule has 0 aliphatic carbocycles. The molecule has 2 amide bonds. The molecule has 0 spiro atoms. The summed E-state index contributed by atoms with van der Waals surface area (Å²) in [5.41, 5.74) is 7.75. The van der Waals surface area contributed by atoms with Crippen molar-refractivity contribution in [2.75, 3.05) is 6.54 Å². The van der Waals surface area contributed by atoms with Crippen molar-refractivity contribution >= 4 is 34.3 Å². The van der Waals surface area contributed by atoms with Crippen molar-refractivity contribution in [1.29, 1.82) is 5.26 Å². The zero-order valence-electron chi connectivity index (χ0n) is 18.9. The predicted octanol–water partition coefficient (Wildman–Crippen LogP) is 4.71. The van der Waals surface area contributed by atoms with E-state index in [4.69, 9.17) is 17.3 Å². The molecule has 0 bridgehead atoms. The van der Waals surface area contributed by atoms with Gasteiger partial charge in [-0.3, -0.25) is 14.6 Å². The van der Waals surface area contributed by atoms with E-state index < -0.39 is 42.7 Å². The molecule has 6 nitrogen and oxygen atoms in total. The second kappa shape index (κ2) is 9.59. The summed E-state index contributed by atoms with van der Waals surface area (Å²) >= 11 is 5.99. The third kappa shape index (κ3) is 5.10. The third-order valence-electron chi connectivity index (χ3n) is 6.40. The van der Waals surface area contributed by atoms with Crippen LogP contribution in [0.25, 0.3) is 10.9 Å². The molecule has 0 radical (unpaired) electrons. The van der Waals surface area contributed by atoms with Crippen molar-refractivity contribution in [2.24, 2.45) is 11.7 Å². The number of amides is 2. The van der Waals surface area contributed by atoms with Crippen molar-refractivity contribution in [3.8, 4) is 6.07 Å². The molecule has 3 unspecified atom stereocenters. The minimum atomic E-state index is -3.13. The first-order chi connectivity index (χ1) is 16.6. The molecular formula is C26H23ClF2N4O2. The molecule has 2 heterocycles. The first-order valence-electron chi connectivity index (χ1n) is 11.1. The lowest BCUT2D eigenvalue weighted by atomic mass is 9.81. The molecule has 1 fully saturated rings. The van der Waals surface area contributed by atoms with Crippen LogP contribution in [0.4, 0.5) is 8.78 Å². The summed E-state index contributed by atoms with van der Waals surface area (Å²) in [5, 5.41) is 10.5. The van der Waals surface area contributed by atoms with Crippen LogP contribution in [0.3, 0.4) is 0 Å². The number of alkyl halides is 2. The minimum Gasteiger partial charge on any atom is -0.366 e. The van der Waals surface area contributed by atoms with Crippen LogP contribution in [-0.4, -0.2) is 40.2 Å². The Balaban J connectivity index is 1.79. The molecule has 4 rings (SSSR count). The predicted molar refractivity (Wildman–Crippen MR) is 128 cm³/mol. The average Bonchev–Trinajstić information content (AvgIpc) is 3.14. The highest BCUT2D eigenvalue weighted by Crippen LogP contribution is 2.38. The number of carbonyl (C=O) groups excluding carboxylic acids is 2. The molecular weight excluding hydrogens is 474 g/mol. The number of aromatic nitrogens is 1. The number of rotatable bonds is 6. The van der Waals surface area contributed by atoms with Crippen LogP contribution >= 0.6 is 11.6 Å². The average molecular weight is 497 g/mol. The van der Waals surface area contributed by atoms with E-state index >= 15 is 0 Å². The summed E-state index contributed by atoms with van der Waals surface area (Å²) < 4.78 is 28.4. The number of benzene rings is 2. The molecule has 9 heteroatoms. The Hall–Kier alpha value is -3.57. The van der Waals surface area contributed by atoms with E-state index in [0.717, 1.165) is 10.5 Å². The molecule has 3 atom stereocenters. The number of likely N-dealkylation sites (tertiary alicyclic amines) is 1. The van der Waals surface area contributed by atoms with Crippen molar-refractivity contribution in [2.45, 2.75) is 37.6 Å². The minimum absolute atomic E-state index is 0.246. The van der Waals surface area contributed by atoms with Crippen molar-refractivity contribution in [3.63, 3.8) is 0 Å². The molecule has 1 aliphatic rings. The SMILES string of the molecule is CC(Cc1ccc(Cl)cc1)C(C(=O)N1CC(F)(F)CC1C#N)c1ccc2nccc(C(N)=O)c2c1. The number of fused-ring (bicyclic) bond motifs is 1. The third-order valence-corrected chi connectivity index (χ3v) is 6.65. The van der Waals surface area contributed by atoms with E-state index in [-0.39, 0.29) is 11.5 Å². The number of nitrogens with zero attached hydrogens (tertiary/aromatic N) is 3. The second-order valence-electron chi connectivity index (χ2n) is 8.96. The fourth-order valence-corrected chi connectivity index (χ4v) is 4.87. The molecule has 2 aromatic carbocycles. The van der Waals surface area contributed by atoms with Gasteiger partial charge in [-0.1, -0.05) is 36.7 Å². The van der Waals surface area contributed by atoms with Gasteiger partial charge in [0.25, 0.3) is 5.92 Å². The van der Waals surface area contributed by atoms with Gasteiger partial charge in [0.2, 0.25) is 11.8 Å². The van der Waals surface area contributed by atoms with E-state index in [0.29, 0.717) is 27.9 Å². The molecule has 1 aromatic heterocycles. The fraction of sp³-hybridized carbons (Fsp3) is 0.308. The van der Waals surface area contributed by atoms with E-state index in [1.165, 1.54) is 12.3 Å². The number of hydrogen-bond acceptors (Lipinski definition) is 4. The highest BCUT2D eigenvalue weighted by atomic mass is 35.5. The Bertz CT molecular complexity index is 1320. The van der Waals surface area contributed by atoms with Crippen LogP contribution in [-0.2, 0) is 11.2 Å². The first-order valence-corrected chi connectivity index (χ1v) is 11.5. The highest BCUT2D eigenvalue weighted by molar-refractivity contribution is 6.30. The van der Waals surface area contributed by atoms with Gasteiger partial charge in [-0.2, -0.15) is 5.26 Å². The second-order valence-corrected chi connectivity index (χ2v) is 9.39. The van der Waals surface area contributed by atoms with Gasteiger partial charge in [-0.15, -0.1) is 0 Å². The standard InChI is InChI=1S/C26H23ClF2N4O2/c1-15(10-16-2-5-18(27)6-3-16)23(25(35)33-14-26(28,29)12-19(33)13-30)17-4-7-22-21(11-17)20(24(31)34)8-9-32-22/h2-9,11,15,19,23H,10,12,14H2,1H3,(H2,31,34). The fourth-order valence-electron chi connectivity index (χ4n) is 4.74. The van der Waals surface area contributed by atoms with E-state index in [1.807, 2.05) is 25.1 Å². The maximum atomic E-state index is 14.2. The number of nitrogens with two attached hydrogens (primary N) is 1. The number of halogens is 3. The van der Waals surface area contributed by atoms with Crippen molar-refractivity contribution in [3.05, 3.63) is 76.4 Å². The van der Waals surface area contributed by atoms with Gasteiger partial charge >= 0.3 is 0 Å². The Kier molecular flexibility index (Phi) is 6.73. The van der Waals surface area contributed by atoms with Crippen LogP contribution in [0.2, 0.25) is 5.02 Å². The smallest absolute Gasteiger partial charge is 0.268 e. The molecule has 1 aliphatic heterocycles. The largest absolute Gasteiger partial charge is 0.366 e. The monoisotopic (exact) mass is 496 g/mol. The van der Waals surface area contributed by atoms with Gasteiger partial charge in [0, 0.05) is 23.0 Å². The molecule has 180 valence electrons. The zero-order chi connectivity index (χ0) is 25.3. The maximum absolute atomic E-state index is 14.2. The summed E-state index contributed by atoms with van der Waals surface area (Å²) in [6.45, 7) is 1.05. The van der Waals surface area contributed by atoms with Crippen LogP contribution < -0.4 is 5.73 Å². The molecule has 3 aromatic rings. The lowest BCUT2D eigenvalue weighted by Crippen LogP contribution is -2.41. The Labute approximate surface area is 206 Å². The van der Waals surface area contributed by atoms with Gasteiger partial charge < -0.3 is 10.6 Å². The Morgan fingerprint density at radius 1 is 1.26 bits per heavy atom. The molecule has 2 N–H and O–H groups in total. The summed E-state index contributed by atoms with van der Waals surface area (Å²) in [7, 11) is 0. The summed E-state index contributed by atoms with van der Waals surface area (Å²) in [6.07, 6.45) is 1.24. The lowest BCUT2D eigenvalue weighted by molar-refractivity contribution is -0.135. The van der Waals surface area contributed by atoms with Crippen LogP contribution in [0.15, 0.2) is 54.7 Å². The molecule has 1 saturated heterocycles. The van der Waals surface area contributed by atoms with E-state index in [9.17, 15) is 23.6 Å². The van der Waals surface area contributed by atoms with E-state index in [1.54, 1.807) is 30.3 Å². The first kappa shape index (κ1) is 24.6. The number of carbonyl (C=O) groups is 2. The van der Waals surface area contributed by atoms with Gasteiger partial charge in [0.05, 0.1) is 29.6 Å². The Morgan fingerprint density at radius 2 is 1.97 bits per heavy atom. The molecule has 0 saturated carbocycles. The van der Waals surface area contributed by atoms with E-state index in [2.05, 4.69) is 4.98 Å². The molecule has 35 heavy (non-hydrogen) atoms. The van der Waals surface area contributed by atoms with Crippen LogP contribution in [0.1, 0.15) is 40.7 Å². The van der Waals surface area contributed by atoms with Gasteiger partial charge in [-0.05, 0) is 53.8 Å². The summed E-state index contributed by atoms with van der Waals surface area (Å²) in [6, 6.07) is 14.3. The highest BCUT2D eigenvalue weighted by Gasteiger charge is 2.49. The lowest BCUT2D eigenvalue weighted by Gasteiger charge is -2.30.